The fraction of sp³-hybridized carbons (Fsp3) is 0.833. The summed E-state index contributed by atoms with van der Waals surface area (Å²) in [6, 6.07) is 0. The first-order valence-corrected chi connectivity index (χ1v) is 5.67. The molecule has 16 heavy (non-hydrogen) atoms. The Kier molecular flexibility index (Phi) is 5.66. The first kappa shape index (κ1) is 15.6. The highest BCUT2D eigenvalue weighted by Gasteiger charge is 2.41. The van der Waals surface area contributed by atoms with Gasteiger partial charge in [0.2, 0.25) is 0 Å². The van der Waals surface area contributed by atoms with E-state index in [1.807, 2.05) is 0 Å². The number of carbonyl (C=O) groups excluding carboxylic acids is 1. The molecule has 0 rings (SSSR count). The molecule has 0 spiro atoms. The van der Waals surface area contributed by atoms with Crippen LogP contribution < -0.4 is 0 Å². The minimum atomic E-state index is -5.25. The molecule has 0 aromatic heterocycles. The van der Waals surface area contributed by atoms with Crippen LogP contribution in [-0.4, -0.2) is 71.9 Å². The summed E-state index contributed by atoms with van der Waals surface area (Å²) in [5.74, 6) is 0. The van der Waals surface area contributed by atoms with Crippen LogP contribution in [0.25, 0.3) is 0 Å². The number of carbonyl (C=O) groups is 1. The Morgan fingerprint density at radius 1 is 1.06 bits per heavy atom. The lowest BCUT2D eigenvalue weighted by Crippen LogP contribution is -2.48. The van der Waals surface area contributed by atoms with Gasteiger partial charge < -0.3 is 35.3 Å². The smallest absolute Gasteiger partial charge is 0.394 e. The SMILES string of the molecule is O=C([C@H](O)[C@@H](O)[C@@H](O)[C@H](O)CO)P(=O)(O)O. The minimum absolute atomic E-state index is 0.963. The second-order valence-electron chi connectivity index (χ2n) is 3.06. The number of aliphatic hydroxyl groups excluding tert-OH is 5. The summed E-state index contributed by atoms with van der Waals surface area (Å²) in [5.41, 5.74) is -1.98. The molecule has 4 atom stereocenters. The minimum Gasteiger partial charge on any atom is -0.394 e. The third-order valence-electron chi connectivity index (χ3n) is 1.79. The molecular weight excluding hydrogens is 247 g/mol. The molecule has 0 unspecified atom stereocenters. The molecule has 0 saturated carbocycles. The molecule has 0 radical (unpaired) electrons. The quantitative estimate of drug-likeness (QED) is 0.235. The summed E-state index contributed by atoms with van der Waals surface area (Å²) in [7, 11) is -5.25. The lowest BCUT2D eigenvalue weighted by molar-refractivity contribution is -0.141. The molecule has 0 aliphatic rings. The van der Waals surface area contributed by atoms with Crippen molar-refractivity contribution in [3.05, 3.63) is 0 Å². The highest BCUT2D eigenvalue weighted by molar-refractivity contribution is 7.70. The first-order chi connectivity index (χ1) is 7.12. The molecule has 0 bridgehead atoms. The maximum absolute atomic E-state index is 10.8. The van der Waals surface area contributed by atoms with Gasteiger partial charge in [0, 0.05) is 0 Å². The van der Waals surface area contributed by atoms with Crippen molar-refractivity contribution in [1.82, 2.24) is 0 Å². The van der Waals surface area contributed by atoms with Gasteiger partial charge in [0.1, 0.15) is 18.3 Å². The summed E-state index contributed by atoms with van der Waals surface area (Å²) in [5, 5.41) is 44.4. The number of hydrogen-bond donors (Lipinski definition) is 7. The van der Waals surface area contributed by atoms with Crippen molar-refractivity contribution < 1.29 is 44.7 Å². The van der Waals surface area contributed by atoms with Crippen LogP contribution in [0.5, 0.6) is 0 Å². The van der Waals surface area contributed by atoms with Gasteiger partial charge in [-0.2, -0.15) is 0 Å². The molecular formula is C6H13O9P. The maximum atomic E-state index is 10.8. The van der Waals surface area contributed by atoms with Gasteiger partial charge in [-0.25, -0.2) is 0 Å². The summed E-state index contributed by atoms with van der Waals surface area (Å²) in [4.78, 5) is 27.6. The molecule has 96 valence electrons. The lowest BCUT2D eigenvalue weighted by atomic mass is 10.0. The van der Waals surface area contributed by atoms with Crippen LogP contribution in [0.4, 0.5) is 0 Å². The molecule has 0 aliphatic heterocycles. The van der Waals surface area contributed by atoms with Gasteiger partial charge in [0.05, 0.1) is 6.61 Å². The van der Waals surface area contributed by atoms with Gasteiger partial charge in [-0.15, -0.1) is 0 Å². The van der Waals surface area contributed by atoms with E-state index in [4.69, 9.17) is 35.3 Å². The molecule has 7 N–H and O–H groups in total. The average molecular weight is 260 g/mol. The van der Waals surface area contributed by atoms with E-state index in [1.165, 1.54) is 0 Å². The Labute approximate surface area is 89.7 Å². The number of rotatable bonds is 6. The molecule has 9 nitrogen and oxygen atoms in total. The van der Waals surface area contributed by atoms with E-state index in [1.54, 1.807) is 0 Å². The van der Waals surface area contributed by atoms with E-state index in [0.717, 1.165) is 0 Å². The zero-order chi connectivity index (χ0) is 13.1. The van der Waals surface area contributed by atoms with Gasteiger partial charge in [-0.1, -0.05) is 0 Å². The molecule has 0 aromatic carbocycles. The van der Waals surface area contributed by atoms with E-state index in [2.05, 4.69) is 0 Å². The van der Waals surface area contributed by atoms with Gasteiger partial charge in [-0.05, 0) is 0 Å². The van der Waals surface area contributed by atoms with Crippen LogP contribution in [0, 0.1) is 0 Å². The van der Waals surface area contributed by atoms with Crippen LogP contribution in [0.1, 0.15) is 0 Å². The maximum Gasteiger partial charge on any atom is 0.394 e. The zero-order valence-electron chi connectivity index (χ0n) is 7.91. The van der Waals surface area contributed by atoms with Crippen LogP contribution in [0.3, 0.4) is 0 Å². The van der Waals surface area contributed by atoms with Crippen molar-refractivity contribution in [3.63, 3.8) is 0 Å². The molecule has 0 heterocycles. The molecule has 0 amide bonds. The van der Waals surface area contributed by atoms with Crippen LogP contribution in [-0.2, 0) is 9.36 Å². The fourth-order valence-electron chi connectivity index (χ4n) is 0.841. The topological polar surface area (TPSA) is 176 Å². The third-order valence-corrected chi connectivity index (χ3v) is 2.63. The molecule has 0 aliphatic carbocycles. The Morgan fingerprint density at radius 2 is 1.50 bits per heavy atom. The Hall–Kier alpha value is -0.380. The highest BCUT2D eigenvalue weighted by Crippen LogP contribution is 2.37. The van der Waals surface area contributed by atoms with Crippen LogP contribution >= 0.6 is 7.60 Å². The van der Waals surface area contributed by atoms with Gasteiger partial charge in [-0.3, -0.25) is 9.36 Å². The van der Waals surface area contributed by atoms with Crippen molar-refractivity contribution in [3.8, 4) is 0 Å². The van der Waals surface area contributed by atoms with E-state index < -0.39 is 44.1 Å². The largest absolute Gasteiger partial charge is 0.394 e. The fourth-order valence-corrected chi connectivity index (χ4v) is 1.34. The Morgan fingerprint density at radius 3 is 1.81 bits per heavy atom. The third kappa shape index (κ3) is 3.89. The number of hydrogen-bond acceptors (Lipinski definition) is 7. The van der Waals surface area contributed by atoms with Crippen molar-refractivity contribution >= 4 is 13.1 Å². The van der Waals surface area contributed by atoms with Crippen molar-refractivity contribution in [2.45, 2.75) is 24.4 Å². The van der Waals surface area contributed by atoms with Crippen LogP contribution in [0.2, 0.25) is 0 Å². The normalized spacial score (nSPS) is 19.9. The molecule has 0 fully saturated rings. The van der Waals surface area contributed by atoms with Gasteiger partial charge >= 0.3 is 7.60 Å². The highest BCUT2D eigenvalue weighted by atomic mass is 31.2. The van der Waals surface area contributed by atoms with Gasteiger partial charge in [0.25, 0.3) is 5.52 Å². The predicted octanol–water partition coefficient (Wildman–Crippen LogP) is -3.87. The monoisotopic (exact) mass is 260 g/mol. The molecule has 10 heteroatoms. The molecule has 0 saturated heterocycles. The van der Waals surface area contributed by atoms with Gasteiger partial charge in [0.15, 0.2) is 6.10 Å². The molecule has 0 aromatic rings. The zero-order valence-corrected chi connectivity index (χ0v) is 8.81. The second-order valence-corrected chi connectivity index (χ2v) is 4.59. The first-order valence-electron chi connectivity index (χ1n) is 4.06. The average Bonchev–Trinajstić information content (AvgIpc) is 2.22. The summed E-state index contributed by atoms with van der Waals surface area (Å²) in [6.07, 6.45) is -8.84. The second kappa shape index (κ2) is 5.80. The van der Waals surface area contributed by atoms with Crippen molar-refractivity contribution in [1.29, 1.82) is 0 Å². The summed E-state index contributed by atoms with van der Waals surface area (Å²) < 4.78 is 10.4. The lowest BCUT2D eigenvalue weighted by Gasteiger charge is -2.24. The van der Waals surface area contributed by atoms with E-state index in [-0.39, 0.29) is 0 Å². The van der Waals surface area contributed by atoms with E-state index in [9.17, 15) is 9.36 Å². The predicted molar refractivity (Wildman–Crippen MR) is 48.2 cm³/mol. The van der Waals surface area contributed by atoms with Crippen LogP contribution in [0.15, 0.2) is 0 Å². The number of aliphatic hydroxyl groups is 5. The Balaban J connectivity index is 4.68. The van der Waals surface area contributed by atoms with E-state index in [0.29, 0.717) is 0 Å². The van der Waals surface area contributed by atoms with Crippen molar-refractivity contribution in [2.24, 2.45) is 0 Å². The summed E-state index contributed by atoms with van der Waals surface area (Å²) in [6.45, 7) is -0.963. The standard InChI is InChI=1S/C6H13O9P/c7-1-2(8)3(9)4(10)5(11)6(12)16(13,14)15/h2-5,7-11H,1H2,(H2,13,14,15)/t2-,3+,4+,5-/m1/s1. The van der Waals surface area contributed by atoms with Crippen molar-refractivity contribution in [2.75, 3.05) is 6.61 Å². The summed E-state index contributed by atoms with van der Waals surface area (Å²) >= 11 is 0. The Bertz CT molecular complexity index is 286. The van der Waals surface area contributed by atoms with E-state index >= 15 is 0 Å².